The van der Waals surface area contributed by atoms with Gasteiger partial charge in [-0.3, -0.25) is 0 Å². The second kappa shape index (κ2) is 3.61. The number of hydrogen-bond donors (Lipinski definition) is 1. The Labute approximate surface area is 74.1 Å². The molecule has 1 N–H and O–H groups in total. The second-order valence-corrected chi connectivity index (χ2v) is 3.72. The van der Waals surface area contributed by atoms with Crippen LogP contribution in [0.1, 0.15) is 25.0 Å². The van der Waals surface area contributed by atoms with Crippen molar-refractivity contribution in [2.75, 3.05) is 0 Å². The molecule has 0 saturated carbocycles. The summed E-state index contributed by atoms with van der Waals surface area (Å²) in [6, 6.07) is 5.90. The zero-order valence-electron chi connectivity index (χ0n) is 7.96. The lowest BCUT2D eigenvalue weighted by Crippen LogP contribution is -1.93. The molecule has 1 aromatic carbocycles. The van der Waals surface area contributed by atoms with E-state index in [0.29, 0.717) is 11.7 Å². The van der Waals surface area contributed by atoms with Crippen LogP contribution in [-0.2, 0) is 6.42 Å². The summed E-state index contributed by atoms with van der Waals surface area (Å²) in [4.78, 5) is 0. The van der Waals surface area contributed by atoms with E-state index >= 15 is 0 Å². The molecule has 0 bridgehead atoms. The Balaban J connectivity index is 2.82. The van der Waals surface area contributed by atoms with E-state index in [1.54, 1.807) is 0 Å². The fourth-order valence-corrected chi connectivity index (χ4v) is 1.25. The zero-order valence-corrected chi connectivity index (χ0v) is 7.96. The van der Waals surface area contributed by atoms with Crippen LogP contribution < -0.4 is 0 Å². The van der Waals surface area contributed by atoms with Crippen LogP contribution >= 0.6 is 0 Å². The molecule has 1 nitrogen and oxygen atoms in total. The van der Waals surface area contributed by atoms with Crippen LogP contribution in [0.15, 0.2) is 18.2 Å². The molecule has 1 rings (SSSR count). The SMILES string of the molecule is Cc1ccc(CC(C)C)cc1O. The van der Waals surface area contributed by atoms with Crippen LogP contribution in [0.5, 0.6) is 5.75 Å². The van der Waals surface area contributed by atoms with E-state index < -0.39 is 0 Å². The van der Waals surface area contributed by atoms with Crippen LogP contribution in [0.4, 0.5) is 0 Å². The van der Waals surface area contributed by atoms with E-state index in [1.807, 2.05) is 19.1 Å². The van der Waals surface area contributed by atoms with Gasteiger partial charge in [0.1, 0.15) is 5.75 Å². The molecule has 0 aliphatic carbocycles. The molecular weight excluding hydrogens is 148 g/mol. The molecule has 0 saturated heterocycles. The lowest BCUT2D eigenvalue weighted by Gasteiger charge is -2.06. The fourth-order valence-electron chi connectivity index (χ4n) is 1.25. The summed E-state index contributed by atoms with van der Waals surface area (Å²) in [6.07, 6.45) is 1.04. The third-order valence-electron chi connectivity index (χ3n) is 1.92. The van der Waals surface area contributed by atoms with E-state index in [-0.39, 0.29) is 0 Å². The van der Waals surface area contributed by atoms with Gasteiger partial charge in [-0.15, -0.1) is 0 Å². The van der Waals surface area contributed by atoms with Crippen molar-refractivity contribution >= 4 is 0 Å². The van der Waals surface area contributed by atoms with Crippen molar-refractivity contribution in [2.45, 2.75) is 27.2 Å². The van der Waals surface area contributed by atoms with Gasteiger partial charge in [-0.1, -0.05) is 26.0 Å². The zero-order chi connectivity index (χ0) is 9.14. The summed E-state index contributed by atoms with van der Waals surface area (Å²) in [5.74, 6) is 1.06. The van der Waals surface area contributed by atoms with E-state index in [2.05, 4.69) is 19.9 Å². The summed E-state index contributed by atoms with van der Waals surface area (Å²) >= 11 is 0. The highest BCUT2D eigenvalue weighted by atomic mass is 16.3. The molecule has 0 aromatic heterocycles. The molecule has 0 amide bonds. The Bertz CT molecular complexity index is 264. The van der Waals surface area contributed by atoms with Crippen LogP contribution in [0.2, 0.25) is 0 Å². The monoisotopic (exact) mass is 164 g/mol. The Morgan fingerprint density at radius 1 is 1.33 bits per heavy atom. The van der Waals surface area contributed by atoms with Crippen molar-refractivity contribution < 1.29 is 5.11 Å². The predicted octanol–water partition coefficient (Wildman–Crippen LogP) is 2.90. The molecular formula is C11H16O. The third kappa shape index (κ3) is 2.26. The Morgan fingerprint density at radius 2 is 2.00 bits per heavy atom. The fraction of sp³-hybridized carbons (Fsp3) is 0.455. The number of aromatic hydroxyl groups is 1. The summed E-state index contributed by atoms with van der Waals surface area (Å²) in [5.41, 5.74) is 2.16. The first-order chi connectivity index (χ1) is 5.59. The molecule has 0 unspecified atom stereocenters. The smallest absolute Gasteiger partial charge is 0.118 e. The highest BCUT2D eigenvalue weighted by Crippen LogP contribution is 2.19. The number of hydrogen-bond acceptors (Lipinski definition) is 1. The highest BCUT2D eigenvalue weighted by Gasteiger charge is 2.00. The van der Waals surface area contributed by atoms with Crippen molar-refractivity contribution in [3.05, 3.63) is 29.3 Å². The highest BCUT2D eigenvalue weighted by molar-refractivity contribution is 5.35. The summed E-state index contributed by atoms with van der Waals surface area (Å²) < 4.78 is 0. The van der Waals surface area contributed by atoms with Crippen LogP contribution in [0.3, 0.4) is 0 Å². The van der Waals surface area contributed by atoms with E-state index in [0.717, 1.165) is 12.0 Å². The van der Waals surface area contributed by atoms with Gasteiger partial charge >= 0.3 is 0 Å². The van der Waals surface area contributed by atoms with E-state index in [1.165, 1.54) is 5.56 Å². The first kappa shape index (κ1) is 9.11. The maximum absolute atomic E-state index is 9.41. The Hall–Kier alpha value is -0.980. The van der Waals surface area contributed by atoms with Gasteiger partial charge in [-0.25, -0.2) is 0 Å². The normalized spacial score (nSPS) is 10.7. The van der Waals surface area contributed by atoms with Gasteiger partial charge in [0.15, 0.2) is 0 Å². The number of aryl methyl sites for hydroxylation is 1. The molecule has 0 aliphatic rings. The molecule has 0 atom stereocenters. The maximum Gasteiger partial charge on any atom is 0.118 e. The molecule has 0 spiro atoms. The quantitative estimate of drug-likeness (QED) is 0.712. The van der Waals surface area contributed by atoms with Crippen molar-refractivity contribution in [2.24, 2.45) is 5.92 Å². The minimum atomic E-state index is 0.410. The standard InChI is InChI=1S/C11H16O/c1-8(2)6-10-5-4-9(3)11(12)7-10/h4-5,7-8,12H,6H2,1-3H3. The average molecular weight is 164 g/mol. The van der Waals surface area contributed by atoms with Gasteiger partial charge in [-0.05, 0) is 36.5 Å². The van der Waals surface area contributed by atoms with Crippen LogP contribution in [-0.4, -0.2) is 5.11 Å². The maximum atomic E-state index is 9.41. The number of benzene rings is 1. The second-order valence-electron chi connectivity index (χ2n) is 3.72. The lowest BCUT2D eigenvalue weighted by molar-refractivity contribution is 0.469. The van der Waals surface area contributed by atoms with Crippen molar-refractivity contribution in [1.82, 2.24) is 0 Å². The molecule has 66 valence electrons. The number of phenolic OH excluding ortho intramolecular Hbond substituents is 1. The largest absolute Gasteiger partial charge is 0.508 e. The van der Waals surface area contributed by atoms with Gasteiger partial charge in [-0.2, -0.15) is 0 Å². The average Bonchev–Trinajstić information content (AvgIpc) is 1.96. The van der Waals surface area contributed by atoms with Gasteiger partial charge in [0.2, 0.25) is 0 Å². The Morgan fingerprint density at radius 3 is 2.50 bits per heavy atom. The minimum Gasteiger partial charge on any atom is -0.508 e. The van der Waals surface area contributed by atoms with Gasteiger partial charge in [0, 0.05) is 0 Å². The minimum absolute atomic E-state index is 0.410. The van der Waals surface area contributed by atoms with Crippen molar-refractivity contribution in [3.63, 3.8) is 0 Å². The molecule has 0 aliphatic heterocycles. The summed E-state index contributed by atoms with van der Waals surface area (Å²) in [5, 5.41) is 9.41. The molecule has 12 heavy (non-hydrogen) atoms. The van der Waals surface area contributed by atoms with Gasteiger partial charge in [0.25, 0.3) is 0 Å². The van der Waals surface area contributed by atoms with E-state index in [4.69, 9.17) is 0 Å². The third-order valence-corrected chi connectivity index (χ3v) is 1.92. The van der Waals surface area contributed by atoms with Crippen molar-refractivity contribution in [3.8, 4) is 5.75 Å². The summed E-state index contributed by atoms with van der Waals surface area (Å²) in [7, 11) is 0. The first-order valence-corrected chi connectivity index (χ1v) is 4.38. The lowest BCUT2D eigenvalue weighted by atomic mass is 10.0. The summed E-state index contributed by atoms with van der Waals surface area (Å²) in [6.45, 7) is 6.27. The van der Waals surface area contributed by atoms with Crippen LogP contribution in [0, 0.1) is 12.8 Å². The molecule has 0 radical (unpaired) electrons. The molecule has 0 fully saturated rings. The van der Waals surface area contributed by atoms with E-state index in [9.17, 15) is 5.11 Å². The van der Waals surface area contributed by atoms with Gasteiger partial charge in [0.05, 0.1) is 0 Å². The van der Waals surface area contributed by atoms with Gasteiger partial charge < -0.3 is 5.11 Å². The van der Waals surface area contributed by atoms with Crippen molar-refractivity contribution in [1.29, 1.82) is 0 Å². The predicted molar refractivity (Wildman–Crippen MR) is 51.4 cm³/mol. The topological polar surface area (TPSA) is 20.2 Å². The molecule has 0 heterocycles. The van der Waals surface area contributed by atoms with Crippen LogP contribution in [0.25, 0.3) is 0 Å². The number of phenols is 1. The first-order valence-electron chi connectivity index (χ1n) is 4.38. The molecule has 1 aromatic rings. The molecule has 1 heteroatoms. The number of rotatable bonds is 2. The Kier molecular flexibility index (Phi) is 2.74.